The first-order chi connectivity index (χ1) is 9.10. The van der Waals surface area contributed by atoms with Crippen molar-refractivity contribution in [2.45, 2.75) is 29.5 Å². The van der Waals surface area contributed by atoms with Gasteiger partial charge in [-0.15, -0.1) is 0 Å². The molecule has 1 aromatic rings. The Morgan fingerprint density at radius 2 is 1.90 bits per heavy atom. The van der Waals surface area contributed by atoms with Gasteiger partial charge in [0.2, 0.25) is 10.0 Å². The monoisotopic (exact) mass is 308 g/mol. The Balaban J connectivity index is 2.50. The molecule has 9 heteroatoms. The molecule has 1 fully saturated rings. The van der Waals surface area contributed by atoms with Gasteiger partial charge in [0.05, 0.1) is 16.5 Å². The average Bonchev–Trinajstić information content (AvgIpc) is 3.07. The first kappa shape index (κ1) is 14.7. The molecule has 108 valence electrons. The lowest BCUT2D eigenvalue weighted by molar-refractivity contribution is -0.140. The number of hydrogen-bond acceptors (Lipinski definition) is 3. The predicted octanol–water partition coefficient (Wildman–Crippen LogP) is 2.18. The van der Waals surface area contributed by atoms with E-state index in [0.29, 0.717) is 12.1 Å². The van der Waals surface area contributed by atoms with Gasteiger partial charge in [0.15, 0.2) is 0 Å². The molecule has 1 aliphatic rings. The lowest BCUT2D eigenvalue weighted by Crippen LogP contribution is -2.36. The van der Waals surface area contributed by atoms with Crippen LogP contribution in [0.15, 0.2) is 23.1 Å². The molecule has 0 aliphatic heterocycles. The second-order valence-electron chi connectivity index (χ2n) is 4.44. The topological polar surface area (TPSA) is 70.0 Å². The molecule has 0 saturated heterocycles. The molecule has 0 spiro atoms. The maximum Gasteiger partial charge on any atom is 0.417 e. The molecule has 0 bridgehead atoms. The Morgan fingerprint density at radius 3 is 2.35 bits per heavy atom. The first-order valence-electron chi connectivity index (χ1n) is 5.42. The summed E-state index contributed by atoms with van der Waals surface area (Å²) in [7, 11) is -4.56. The van der Waals surface area contributed by atoms with Gasteiger partial charge in [-0.3, -0.25) is 0 Å². The average molecular weight is 308 g/mol. The lowest BCUT2D eigenvalue weighted by atomic mass is 10.2. The number of sulfonamides is 1. The van der Waals surface area contributed by atoms with E-state index in [-0.39, 0.29) is 18.9 Å². The van der Waals surface area contributed by atoms with Gasteiger partial charge in [-0.25, -0.2) is 12.8 Å². The van der Waals surface area contributed by atoms with Crippen molar-refractivity contribution in [2.75, 3.05) is 0 Å². The minimum absolute atomic E-state index is 0.112. The first-order valence-corrected chi connectivity index (χ1v) is 6.90. The van der Waals surface area contributed by atoms with E-state index in [9.17, 15) is 26.0 Å². The fraction of sp³-hybridized carbons (Fsp3) is 0.364. The smallest absolute Gasteiger partial charge is 0.207 e. The Hall–Kier alpha value is -1.66. The molecule has 20 heavy (non-hydrogen) atoms. The van der Waals surface area contributed by atoms with Crippen LogP contribution in [0.4, 0.5) is 17.6 Å². The third kappa shape index (κ3) is 2.76. The summed E-state index contributed by atoms with van der Waals surface area (Å²) in [6.07, 6.45) is -4.56. The Labute approximate surface area is 112 Å². The zero-order valence-electron chi connectivity index (χ0n) is 9.83. The van der Waals surface area contributed by atoms with Crippen LogP contribution >= 0.6 is 0 Å². The van der Waals surface area contributed by atoms with E-state index in [1.807, 2.05) is 4.72 Å². The highest BCUT2D eigenvalue weighted by molar-refractivity contribution is 7.89. The predicted molar refractivity (Wildman–Crippen MR) is 59.3 cm³/mol. The molecule has 0 aromatic heterocycles. The van der Waals surface area contributed by atoms with Gasteiger partial charge < -0.3 is 0 Å². The molecule has 0 unspecified atom stereocenters. The van der Waals surface area contributed by atoms with Gasteiger partial charge >= 0.3 is 6.18 Å². The van der Waals surface area contributed by atoms with Crippen molar-refractivity contribution in [1.29, 1.82) is 5.26 Å². The summed E-state index contributed by atoms with van der Waals surface area (Å²) < 4.78 is 77.0. The minimum atomic E-state index is -5.02. The van der Waals surface area contributed by atoms with Gasteiger partial charge in [0.25, 0.3) is 0 Å². The van der Waals surface area contributed by atoms with Gasteiger partial charge in [-0.1, -0.05) is 0 Å². The van der Waals surface area contributed by atoms with Gasteiger partial charge in [0.1, 0.15) is 11.4 Å². The van der Waals surface area contributed by atoms with Crippen LogP contribution < -0.4 is 4.72 Å². The highest BCUT2D eigenvalue weighted by atomic mass is 32.2. The van der Waals surface area contributed by atoms with Crippen molar-refractivity contribution < 1.29 is 26.0 Å². The van der Waals surface area contributed by atoms with Gasteiger partial charge in [-0.05, 0) is 31.0 Å². The number of nitriles is 1. The molecule has 2 rings (SSSR count). The van der Waals surface area contributed by atoms with Crippen LogP contribution in [0.5, 0.6) is 0 Å². The number of benzene rings is 1. The van der Waals surface area contributed by atoms with Gasteiger partial charge in [0, 0.05) is 0 Å². The van der Waals surface area contributed by atoms with Crippen molar-refractivity contribution in [1.82, 2.24) is 4.72 Å². The number of halogens is 4. The molecule has 4 nitrogen and oxygen atoms in total. The summed E-state index contributed by atoms with van der Waals surface area (Å²) in [4.78, 5) is -1.09. The lowest BCUT2D eigenvalue weighted by Gasteiger charge is -2.15. The Kier molecular flexibility index (Phi) is 3.26. The summed E-state index contributed by atoms with van der Waals surface area (Å²) in [6.45, 7) is 0. The number of rotatable bonds is 3. The zero-order chi connectivity index (χ0) is 15.2. The molecule has 0 amide bonds. The van der Waals surface area contributed by atoms with Crippen LogP contribution in [0, 0.1) is 17.1 Å². The zero-order valence-corrected chi connectivity index (χ0v) is 10.6. The highest BCUT2D eigenvalue weighted by Crippen LogP contribution is 2.39. The molecular formula is C11H8F4N2O2S. The van der Waals surface area contributed by atoms with E-state index in [1.54, 1.807) is 6.07 Å². The largest absolute Gasteiger partial charge is 0.417 e. The standard InChI is InChI=1S/C11H8F4N2O2S/c12-7-1-2-9(8(5-7)11(13,14)15)20(18,19)17-10(6-16)3-4-10/h1-2,5,17H,3-4H2. The third-order valence-corrected chi connectivity index (χ3v) is 4.42. The number of hydrogen-bond donors (Lipinski definition) is 1. The van der Waals surface area contributed by atoms with E-state index in [1.165, 1.54) is 0 Å². The quantitative estimate of drug-likeness (QED) is 0.870. The summed E-state index contributed by atoms with van der Waals surface area (Å²) in [5.41, 5.74) is -2.95. The van der Waals surface area contributed by atoms with Crippen molar-refractivity contribution in [3.63, 3.8) is 0 Å². The third-order valence-electron chi connectivity index (χ3n) is 2.83. The van der Waals surface area contributed by atoms with E-state index >= 15 is 0 Å². The number of nitrogens with zero attached hydrogens (tertiary/aromatic N) is 1. The fourth-order valence-electron chi connectivity index (χ4n) is 1.63. The van der Waals surface area contributed by atoms with Crippen LogP contribution in [0.1, 0.15) is 18.4 Å². The van der Waals surface area contributed by atoms with Crippen LogP contribution in [0.3, 0.4) is 0 Å². The van der Waals surface area contributed by atoms with Crippen molar-refractivity contribution in [3.05, 3.63) is 29.6 Å². The van der Waals surface area contributed by atoms with E-state index in [4.69, 9.17) is 5.26 Å². The minimum Gasteiger partial charge on any atom is -0.207 e. The number of alkyl halides is 3. The SMILES string of the molecule is N#CC1(NS(=O)(=O)c2ccc(F)cc2C(F)(F)F)CC1. The van der Waals surface area contributed by atoms with E-state index in [2.05, 4.69) is 0 Å². The Morgan fingerprint density at radius 1 is 1.30 bits per heavy atom. The summed E-state index contributed by atoms with van der Waals surface area (Å²) in [6, 6.07) is 2.97. The Bertz CT molecular complexity index is 687. The molecular weight excluding hydrogens is 300 g/mol. The summed E-state index contributed by atoms with van der Waals surface area (Å²) in [5.74, 6) is -1.20. The molecule has 0 atom stereocenters. The van der Waals surface area contributed by atoms with Crippen LogP contribution in [-0.4, -0.2) is 14.0 Å². The molecule has 1 saturated carbocycles. The molecule has 1 aromatic carbocycles. The second-order valence-corrected chi connectivity index (χ2v) is 6.09. The van der Waals surface area contributed by atoms with E-state index < -0.39 is 38.0 Å². The van der Waals surface area contributed by atoms with Crippen LogP contribution in [-0.2, 0) is 16.2 Å². The fourth-order valence-corrected chi connectivity index (χ4v) is 3.22. The van der Waals surface area contributed by atoms with Crippen molar-refractivity contribution in [2.24, 2.45) is 0 Å². The summed E-state index contributed by atoms with van der Waals surface area (Å²) in [5, 5.41) is 8.78. The molecule has 1 N–H and O–H groups in total. The number of nitrogens with one attached hydrogen (secondary N) is 1. The molecule has 0 heterocycles. The molecule has 1 aliphatic carbocycles. The van der Waals surface area contributed by atoms with Crippen LogP contribution in [0.2, 0.25) is 0 Å². The van der Waals surface area contributed by atoms with Crippen molar-refractivity contribution >= 4 is 10.0 Å². The van der Waals surface area contributed by atoms with Crippen LogP contribution in [0.25, 0.3) is 0 Å². The molecule has 0 radical (unpaired) electrons. The van der Waals surface area contributed by atoms with Crippen molar-refractivity contribution in [3.8, 4) is 6.07 Å². The van der Waals surface area contributed by atoms with Gasteiger partial charge in [-0.2, -0.15) is 23.2 Å². The maximum atomic E-state index is 12.9. The normalized spacial score (nSPS) is 17.6. The highest BCUT2D eigenvalue weighted by Gasteiger charge is 2.48. The van der Waals surface area contributed by atoms with E-state index in [0.717, 1.165) is 0 Å². The second kappa shape index (κ2) is 4.43. The maximum absolute atomic E-state index is 12.9. The summed E-state index contributed by atoms with van der Waals surface area (Å²) >= 11 is 0.